The maximum atomic E-state index is 13.5. The van der Waals surface area contributed by atoms with E-state index < -0.39 is 12.0 Å². The van der Waals surface area contributed by atoms with Crippen LogP contribution in [0.3, 0.4) is 0 Å². The number of alkyl halides is 2. The molecule has 1 saturated heterocycles. The van der Waals surface area contributed by atoms with Crippen molar-refractivity contribution in [1.82, 2.24) is 0 Å². The lowest BCUT2D eigenvalue weighted by Crippen LogP contribution is -2.35. The van der Waals surface area contributed by atoms with Gasteiger partial charge in [0.1, 0.15) is 0 Å². The van der Waals surface area contributed by atoms with E-state index in [0.717, 1.165) is 16.8 Å². The maximum absolute atomic E-state index is 13.5. The van der Waals surface area contributed by atoms with Crippen LogP contribution in [0.1, 0.15) is 43.2 Å². The van der Waals surface area contributed by atoms with Crippen molar-refractivity contribution in [3.8, 4) is 11.8 Å². The number of aryl methyl sites for hydroxylation is 1. The molecule has 2 aliphatic heterocycles. The second-order valence-electron chi connectivity index (χ2n) is 7.22. The molecule has 1 unspecified atom stereocenters. The highest BCUT2D eigenvalue weighted by atomic mass is 19.3. The van der Waals surface area contributed by atoms with Crippen molar-refractivity contribution in [2.45, 2.75) is 51.1 Å². The summed E-state index contributed by atoms with van der Waals surface area (Å²) in [6.45, 7) is 2.36. The Labute approximate surface area is 152 Å². The summed E-state index contributed by atoms with van der Waals surface area (Å²) in [4.78, 5) is 0. The zero-order chi connectivity index (χ0) is 18.1. The summed E-state index contributed by atoms with van der Waals surface area (Å²) in [5.41, 5.74) is 2.95. The lowest BCUT2D eigenvalue weighted by molar-refractivity contribution is -0.125. The summed E-state index contributed by atoms with van der Waals surface area (Å²) < 4.78 is 38.1. The van der Waals surface area contributed by atoms with Crippen LogP contribution in [0.2, 0.25) is 0 Å². The number of hydrogen-bond donors (Lipinski definition) is 0. The molecular weight excluding hydrogens is 338 g/mol. The fraction of sp³-hybridized carbons (Fsp3) is 0.550. The van der Waals surface area contributed by atoms with Crippen LogP contribution in [0.15, 0.2) is 23.3 Å². The molecule has 2 fully saturated rings. The Balaban J connectivity index is 1.45. The summed E-state index contributed by atoms with van der Waals surface area (Å²) in [5, 5.41) is 6.22. The van der Waals surface area contributed by atoms with Gasteiger partial charge in [0.2, 0.25) is 5.90 Å². The molecule has 1 atom stereocenters. The molecule has 138 valence electrons. The predicted molar refractivity (Wildman–Crippen MR) is 95.2 cm³/mol. The standard InChI is InChI=1S/C20H22F2N2O2/c1-14-2-3-16(7-6-15-4-5-15)10-18(14)24-13-26-19(23-24)11-17-12-20(21,22)8-9-25-17/h2-3,10,15,17H,4-5,8-9,11-13H2,1H3. The first-order valence-corrected chi connectivity index (χ1v) is 9.08. The molecule has 3 aliphatic rings. The number of hydrazone groups is 1. The molecule has 0 N–H and O–H groups in total. The van der Waals surface area contributed by atoms with Gasteiger partial charge < -0.3 is 9.47 Å². The van der Waals surface area contributed by atoms with E-state index in [9.17, 15) is 8.78 Å². The molecule has 6 heteroatoms. The number of halogens is 2. The van der Waals surface area contributed by atoms with Gasteiger partial charge in [-0.2, -0.15) is 0 Å². The first-order chi connectivity index (χ1) is 12.5. The topological polar surface area (TPSA) is 34.1 Å². The highest BCUT2D eigenvalue weighted by Crippen LogP contribution is 2.32. The highest BCUT2D eigenvalue weighted by molar-refractivity contribution is 5.80. The molecule has 0 radical (unpaired) electrons. The largest absolute Gasteiger partial charge is 0.456 e. The van der Waals surface area contributed by atoms with Crippen LogP contribution in [-0.2, 0) is 9.47 Å². The number of ether oxygens (including phenoxy) is 2. The Morgan fingerprint density at radius 1 is 1.35 bits per heavy atom. The Bertz CT molecular complexity index is 778. The fourth-order valence-electron chi connectivity index (χ4n) is 3.12. The summed E-state index contributed by atoms with van der Waals surface area (Å²) >= 11 is 0. The van der Waals surface area contributed by atoms with Crippen molar-refractivity contribution < 1.29 is 18.3 Å². The smallest absolute Gasteiger partial charge is 0.252 e. The zero-order valence-corrected chi connectivity index (χ0v) is 14.8. The summed E-state index contributed by atoms with van der Waals surface area (Å²) in [6.07, 6.45) is 1.63. The molecule has 1 aromatic carbocycles. The second-order valence-corrected chi connectivity index (χ2v) is 7.22. The van der Waals surface area contributed by atoms with E-state index in [1.165, 1.54) is 12.8 Å². The molecule has 4 nitrogen and oxygen atoms in total. The lowest BCUT2D eigenvalue weighted by Gasteiger charge is -2.28. The summed E-state index contributed by atoms with van der Waals surface area (Å²) in [7, 11) is 0. The third-order valence-corrected chi connectivity index (χ3v) is 4.82. The van der Waals surface area contributed by atoms with Crippen molar-refractivity contribution in [3.63, 3.8) is 0 Å². The van der Waals surface area contributed by atoms with Gasteiger partial charge in [-0.1, -0.05) is 17.9 Å². The normalized spacial score (nSPS) is 24.5. The summed E-state index contributed by atoms with van der Waals surface area (Å²) in [5.74, 6) is 4.81. The second kappa shape index (κ2) is 6.88. The first-order valence-electron chi connectivity index (χ1n) is 9.08. The number of nitrogens with zero attached hydrogens (tertiary/aromatic N) is 2. The number of rotatable bonds is 3. The number of anilines is 1. The van der Waals surface area contributed by atoms with Gasteiger partial charge in [-0.15, -0.1) is 5.10 Å². The third-order valence-electron chi connectivity index (χ3n) is 4.82. The van der Waals surface area contributed by atoms with Crippen LogP contribution in [0, 0.1) is 24.7 Å². The quantitative estimate of drug-likeness (QED) is 0.762. The van der Waals surface area contributed by atoms with Crippen LogP contribution in [0.5, 0.6) is 0 Å². The van der Waals surface area contributed by atoms with E-state index in [-0.39, 0.29) is 32.6 Å². The van der Waals surface area contributed by atoms with E-state index in [0.29, 0.717) is 11.8 Å². The third kappa shape index (κ3) is 4.16. The van der Waals surface area contributed by atoms with Gasteiger partial charge in [0.05, 0.1) is 24.8 Å². The van der Waals surface area contributed by atoms with Crippen molar-refractivity contribution in [3.05, 3.63) is 29.3 Å². The van der Waals surface area contributed by atoms with Gasteiger partial charge >= 0.3 is 0 Å². The zero-order valence-electron chi connectivity index (χ0n) is 14.8. The molecule has 1 aromatic rings. The Kier molecular flexibility index (Phi) is 4.58. The molecule has 4 rings (SSSR count). The van der Waals surface area contributed by atoms with E-state index in [2.05, 4.69) is 16.9 Å². The van der Waals surface area contributed by atoms with Crippen molar-refractivity contribution in [2.24, 2.45) is 11.0 Å². The van der Waals surface area contributed by atoms with E-state index >= 15 is 0 Å². The van der Waals surface area contributed by atoms with E-state index in [1.54, 1.807) is 5.01 Å². The molecule has 2 heterocycles. The van der Waals surface area contributed by atoms with Gasteiger partial charge in [-0.3, -0.25) is 0 Å². The fourth-order valence-corrected chi connectivity index (χ4v) is 3.12. The van der Waals surface area contributed by atoms with Gasteiger partial charge in [0, 0.05) is 24.3 Å². The average molecular weight is 360 g/mol. The Morgan fingerprint density at radius 2 is 2.19 bits per heavy atom. The molecule has 0 bridgehead atoms. The van der Waals surface area contributed by atoms with E-state index in [1.807, 2.05) is 25.1 Å². The Morgan fingerprint density at radius 3 is 2.96 bits per heavy atom. The maximum Gasteiger partial charge on any atom is 0.252 e. The van der Waals surface area contributed by atoms with Crippen molar-refractivity contribution in [2.75, 3.05) is 18.3 Å². The molecule has 1 saturated carbocycles. The highest BCUT2D eigenvalue weighted by Gasteiger charge is 2.38. The number of hydrogen-bond acceptors (Lipinski definition) is 4. The van der Waals surface area contributed by atoms with Gasteiger partial charge in [0.25, 0.3) is 5.92 Å². The minimum Gasteiger partial charge on any atom is -0.456 e. The minimum atomic E-state index is -2.66. The van der Waals surface area contributed by atoms with Crippen LogP contribution in [0.4, 0.5) is 14.5 Å². The minimum absolute atomic E-state index is 0.0788. The van der Waals surface area contributed by atoms with Crippen LogP contribution in [-0.4, -0.2) is 31.3 Å². The predicted octanol–water partition coefficient (Wildman–Crippen LogP) is 4.07. The number of benzene rings is 1. The van der Waals surface area contributed by atoms with Crippen LogP contribution in [0.25, 0.3) is 0 Å². The van der Waals surface area contributed by atoms with E-state index in [4.69, 9.17) is 9.47 Å². The average Bonchev–Trinajstić information content (AvgIpc) is 3.31. The van der Waals surface area contributed by atoms with Gasteiger partial charge in [-0.05, 0) is 37.5 Å². The monoisotopic (exact) mass is 360 g/mol. The SMILES string of the molecule is Cc1ccc(C#CC2CC2)cc1N1COC(CC2CC(F)(F)CCO2)=N1. The van der Waals surface area contributed by atoms with Crippen LogP contribution >= 0.6 is 0 Å². The molecular formula is C20H22F2N2O2. The molecule has 0 amide bonds. The van der Waals surface area contributed by atoms with Gasteiger partial charge in [-0.25, -0.2) is 13.8 Å². The first kappa shape index (κ1) is 17.3. The molecule has 0 aromatic heterocycles. The van der Waals surface area contributed by atoms with Crippen molar-refractivity contribution in [1.29, 1.82) is 0 Å². The summed E-state index contributed by atoms with van der Waals surface area (Å²) in [6, 6.07) is 6.03. The molecule has 1 aliphatic carbocycles. The van der Waals surface area contributed by atoms with Crippen LogP contribution < -0.4 is 5.01 Å². The molecule has 26 heavy (non-hydrogen) atoms. The van der Waals surface area contributed by atoms with Crippen molar-refractivity contribution >= 4 is 11.6 Å². The van der Waals surface area contributed by atoms with Gasteiger partial charge in [0.15, 0.2) is 6.73 Å². The lowest BCUT2D eigenvalue weighted by atomic mass is 10.0. The Hall–Kier alpha value is -2.13. The molecule has 0 spiro atoms.